The molecule has 0 fully saturated rings. The van der Waals surface area contributed by atoms with Crippen molar-refractivity contribution >= 4 is 44.8 Å². The normalized spacial score (nSPS) is 12.2. The highest BCUT2D eigenvalue weighted by Crippen LogP contribution is 2.36. The van der Waals surface area contributed by atoms with Crippen LogP contribution in [0.5, 0.6) is 11.5 Å². The number of carbonyl (C=O) groups excluding carboxylic acids is 2. The Kier molecular flexibility index (Phi) is 11.6. The quantitative estimate of drug-likeness (QED) is 0.185. The molecule has 3 aromatic carbocycles. The fourth-order valence-corrected chi connectivity index (χ4v) is 6.35. The third-order valence-electron chi connectivity index (χ3n) is 7.05. The molecule has 0 aromatic heterocycles. The average molecular weight is 675 g/mol. The van der Waals surface area contributed by atoms with E-state index >= 15 is 0 Å². The fraction of sp³-hybridized carbons (Fsp3) is 0.375. The van der Waals surface area contributed by atoms with Gasteiger partial charge in [-0.15, -0.1) is 0 Å². The number of halogens is 1. The number of methoxy groups -OCH3 is 2. The largest absolute Gasteiger partial charge is 0.497 e. The summed E-state index contributed by atoms with van der Waals surface area (Å²) in [5.41, 5.74) is -0.156. The van der Waals surface area contributed by atoms with Crippen molar-refractivity contribution in [2.75, 3.05) is 25.1 Å². The smallest absolute Gasteiger partial charge is 0.273 e. The van der Waals surface area contributed by atoms with E-state index in [4.69, 9.17) is 21.1 Å². The maximum Gasteiger partial charge on any atom is 0.273 e. The van der Waals surface area contributed by atoms with Crippen LogP contribution in [-0.2, 0) is 26.2 Å². The Morgan fingerprint density at radius 2 is 1.67 bits per heavy atom. The number of nitro benzene ring substituents is 1. The molecule has 0 aliphatic heterocycles. The first kappa shape index (κ1) is 36.1. The number of rotatable bonds is 13. The lowest BCUT2D eigenvalue weighted by atomic mass is 10.1. The molecule has 0 aliphatic carbocycles. The molecule has 0 spiro atoms. The van der Waals surface area contributed by atoms with E-state index in [0.29, 0.717) is 11.3 Å². The zero-order chi connectivity index (χ0) is 34.4. The van der Waals surface area contributed by atoms with Gasteiger partial charge in [0.05, 0.1) is 29.7 Å². The van der Waals surface area contributed by atoms with E-state index in [0.717, 1.165) is 10.4 Å². The highest BCUT2D eigenvalue weighted by Gasteiger charge is 2.36. The molecule has 0 heterocycles. The van der Waals surface area contributed by atoms with Crippen molar-refractivity contribution in [3.8, 4) is 11.5 Å². The van der Waals surface area contributed by atoms with E-state index in [2.05, 4.69) is 5.32 Å². The summed E-state index contributed by atoms with van der Waals surface area (Å²) in [5, 5.41) is 14.8. The topological polar surface area (TPSA) is 148 Å². The molecule has 0 aliphatic rings. The molecule has 3 rings (SSSR count). The van der Waals surface area contributed by atoms with Gasteiger partial charge in [-0.2, -0.15) is 0 Å². The number of benzene rings is 3. The number of ether oxygens (including phenoxy) is 2. The van der Waals surface area contributed by atoms with Gasteiger partial charge in [-0.25, -0.2) is 8.42 Å². The number of nitro groups is 1. The van der Waals surface area contributed by atoms with Crippen LogP contribution in [0, 0.1) is 17.0 Å². The molecule has 0 unspecified atom stereocenters. The summed E-state index contributed by atoms with van der Waals surface area (Å²) in [6.45, 7) is 7.86. The van der Waals surface area contributed by atoms with E-state index in [1.54, 1.807) is 31.2 Å². The molecule has 3 aromatic rings. The number of aryl methyl sites for hydroxylation is 1. The SMILES string of the molecule is CC[C@H](C(=O)NC(C)(C)C)N(Cc1ccc(OC)cc1)C(=O)CN(c1cc(Cl)ccc1OC)S(=O)(=O)c1ccc(C)c([N+](=O)[O-])c1. The predicted molar refractivity (Wildman–Crippen MR) is 176 cm³/mol. The van der Waals surface area contributed by atoms with Crippen LogP contribution in [0.2, 0.25) is 5.02 Å². The molecule has 0 radical (unpaired) electrons. The van der Waals surface area contributed by atoms with Crippen LogP contribution in [0.4, 0.5) is 11.4 Å². The van der Waals surface area contributed by atoms with Crippen molar-refractivity contribution < 1.29 is 32.4 Å². The second kappa shape index (κ2) is 14.8. The molecule has 0 bridgehead atoms. The number of sulfonamides is 1. The molecule has 248 valence electrons. The van der Waals surface area contributed by atoms with E-state index in [-0.39, 0.29) is 35.0 Å². The van der Waals surface area contributed by atoms with Crippen molar-refractivity contribution in [1.29, 1.82) is 0 Å². The van der Waals surface area contributed by atoms with E-state index in [1.165, 1.54) is 56.4 Å². The maximum atomic E-state index is 14.3. The number of anilines is 1. The first-order valence-corrected chi connectivity index (χ1v) is 16.2. The Bertz CT molecular complexity index is 1690. The van der Waals surface area contributed by atoms with Gasteiger partial charge in [0.2, 0.25) is 11.8 Å². The Morgan fingerprint density at radius 3 is 2.22 bits per heavy atom. The number of hydrogen-bond donors (Lipinski definition) is 1. The molecule has 0 saturated carbocycles. The maximum absolute atomic E-state index is 14.3. The monoisotopic (exact) mass is 674 g/mol. The summed E-state index contributed by atoms with van der Waals surface area (Å²) in [7, 11) is -1.79. The van der Waals surface area contributed by atoms with Crippen molar-refractivity contribution in [1.82, 2.24) is 10.2 Å². The van der Waals surface area contributed by atoms with Gasteiger partial charge >= 0.3 is 0 Å². The highest BCUT2D eigenvalue weighted by molar-refractivity contribution is 7.92. The van der Waals surface area contributed by atoms with Gasteiger partial charge in [0.25, 0.3) is 15.7 Å². The molecular formula is C32H39ClN4O8S. The molecule has 1 atom stereocenters. The van der Waals surface area contributed by atoms with Gasteiger partial charge in [0.1, 0.15) is 24.1 Å². The minimum atomic E-state index is -4.64. The van der Waals surface area contributed by atoms with Gasteiger partial charge in [0.15, 0.2) is 0 Å². The lowest BCUT2D eigenvalue weighted by Crippen LogP contribution is -2.55. The Balaban J connectivity index is 2.19. The minimum Gasteiger partial charge on any atom is -0.497 e. The molecule has 46 heavy (non-hydrogen) atoms. The van der Waals surface area contributed by atoms with Crippen LogP contribution in [0.25, 0.3) is 0 Å². The number of hydrogen-bond acceptors (Lipinski definition) is 8. The van der Waals surface area contributed by atoms with Gasteiger partial charge in [0, 0.05) is 28.7 Å². The third-order valence-corrected chi connectivity index (χ3v) is 9.04. The van der Waals surface area contributed by atoms with Crippen molar-refractivity contribution in [2.24, 2.45) is 0 Å². The van der Waals surface area contributed by atoms with Crippen LogP contribution < -0.4 is 19.1 Å². The fourth-order valence-electron chi connectivity index (χ4n) is 4.74. The first-order chi connectivity index (χ1) is 21.5. The van der Waals surface area contributed by atoms with Crippen molar-refractivity contribution in [3.05, 3.63) is 86.9 Å². The van der Waals surface area contributed by atoms with Crippen molar-refractivity contribution in [3.63, 3.8) is 0 Å². The van der Waals surface area contributed by atoms with Crippen LogP contribution in [0.3, 0.4) is 0 Å². The Labute approximate surface area is 274 Å². The van der Waals surface area contributed by atoms with E-state index in [1.807, 2.05) is 20.8 Å². The molecule has 14 heteroatoms. The first-order valence-electron chi connectivity index (χ1n) is 14.4. The molecular weight excluding hydrogens is 636 g/mol. The Hall–Kier alpha value is -4.36. The number of carbonyl (C=O) groups is 2. The minimum absolute atomic E-state index is 0.0323. The van der Waals surface area contributed by atoms with Gasteiger partial charge in [-0.05, 0) is 76.1 Å². The summed E-state index contributed by atoms with van der Waals surface area (Å²) in [5.74, 6) is -0.446. The zero-order valence-electron chi connectivity index (χ0n) is 26.9. The second-order valence-corrected chi connectivity index (χ2v) is 13.9. The molecule has 1 N–H and O–H groups in total. The number of nitrogens with zero attached hydrogens (tertiary/aromatic N) is 3. The van der Waals surface area contributed by atoms with Gasteiger partial charge in [-0.3, -0.25) is 24.0 Å². The average Bonchev–Trinajstić information content (AvgIpc) is 2.98. The zero-order valence-corrected chi connectivity index (χ0v) is 28.4. The van der Waals surface area contributed by atoms with Crippen LogP contribution in [-0.4, -0.2) is 62.4 Å². The van der Waals surface area contributed by atoms with Crippen molar-refractivity contribution in [2.45, 2.75) is 64.1 Å². The summed E-state index contributed by atoms with van der Waals surface area (Å²) in [4.78, 5) is 39.8. The summed E-state index contributed by atoms with van der Waals surface area (Å²) >= 11 is 6.28. The predicted octanol–water partition coefficient (Wildman–Crippen LogP) is 5.49. The number of nitrogens with one attached hydrogen (secondary N) is 1. The van der Waals surface area contributed by atoms with Gasteiger partial charge in [-0.1, -0.05) is 36.7 Å². The van der Waals surface area contributed by atoms with Crippen LogP contribution in [0.1, 0.15) is 45.2 Å². The Morgan fingerprint density at radius 1 is 1.02 bits per heavy atom. The second-order valence-electron chi connectivity index (χ2n) is 11.6. The standard InChI is InChI=1S/C32H39ClN4O8S/c1-8-26(31(39)34-32(3,4)5)35(19-22-10-13-24(44-6)14-11-22)30(38)20-36(28-17-23(33)12-16-29(28)45-7)46(42,43)25-15-9-21(2)27(18-25)37(40)41/h9-18,26H,8,19-20H2,1-7H3,(H,34,39)/t26-/m1/s1. The molecule has 12 nitrogen and oxygen atoms in total. The van der Waals surface area contributed by atoms with Crippen LogP contribution >= 0.6 is 11.6 Å². The van der Waals surface area contributed by atoms with Crippen LogP contribution in [0.15, 0.2) is 65.6 Å². The molecule has 0 saturated heterocycles. The summed E-state index contributed by atoms with van der Waals surface area (Å²) in [6.07, 6.45) is 0.223. The van der Waals surface area contributed by atoms with Gasteiger partial charge < -0.3 is 19.7 Å². The molecule has 2 amide bonds. The lowest BCUT2D eigenvalue weighted by Gasteiger charge is -2.35. The lowest BCUT2D eigenvalue weighted by molar-refractivity contribution is -0.385. The highest BCUT2D eigenvalue weighted by atomic mass is 35.5. The van der Waals surface area contributed by atoms with E-state index in [9.17, 15) is 28.1 Å². The van der Waals surface area contributed by atoms with E-state index < -0.39 is 55.5 Å². The number of amides is 2. The summed E-state index contributed by atoms with van der Waals surface area (Å²) < 4.78 is 40.1. The third kappa shape index (κ3) is 8.67. The summed E-state index contributed by atoms with van der Waals surface area (Å²) in [6, 6.07) is 13.7.